The highest BCUT2D eigenvalue weighted by atomic mass is 16.5. The van der Waals surface area contributed by atoms with Crippen LogP contribution in [-0.4, -0.2) is 11.1 Å². The van der Waals surface area contributed by atoms with E-state index in [9.17, 15) is 9.90 Å². The van der Waals surface area contributed by atoms with Gasteiger partial charge in [0.15, 0.2) is 0 Å². The Hall–Kier alpha value is -2.69. The minimum Gasteiger partial charge on any atom is -0.508 e. The number of primary amides is 1. The van der Waals surface area contributed by atoms with E-state index in [-0.39, 0.29) is 5.75 Å². The van der Waals surface area contributed by atoms with Gasteiger partial charge in [-0.2, -0.15) is 0 Å². The van der Waals surface area contributed by atoms with Crippen molar-refractivity contribution in [2.24, 2.45) is 5.73 Å². The molecule has 0 fully saturated rings. The van der Waals surface area contributed by atoms with Gasteiger partial charge in [0.25, 0.3) is 0 Å². The molecule has 0 heterocycles. The summed E-state index contributed by atoms with van der Waals surface area (Å²) in [6.45, 7) is 0. The SMILES string of the molecule is NC(=O)Nc1ccc(Oc2cccc(O)c2)cc1. The minimum absolute atomic E-state index is 0.138. The van der Waals surface area contributed by atoms with Gasteiger partial charge in [-0.05, 0) is 36.4 Å². The summed E-state index contributed by atoms with van der Waals surface area (Å²) in [6, 6.07) is 12.6. The van der Waals surface area contributed by atoms with Crippen molar-refractivity contribution in [3.05, 3.63) is 48.5 Å². The molecule has 0 saturated carbocycles. The Morgan fingerprint density at radius 2 is 1.83 bits per heavy atom. The molecule has 0 aliphatic rings. The van der Waals surface area contributed by atoms with Crippen molar-refractivity contribution >= 4 is 11.7 Å². The maximum Gasteiger partial charge on any atom is 0.316 e. The molecule has 92 valence electrons. The molecule has 0 atom stereocenters. The highest BCUT2D eigenvalue weighted by molar-refractivity contribution is 5.87. The molecule has 0 saturated heterocycles. The van der Waals surface area contributed by atoms with Crippen molar-refractivity contribution < 1.29 is 14.6 Å². The van der Waals surface area contributed by atoms with E-state index in [2.05, 4.69) is 5.32 Å². The zero-order valence-corrected chi connectivity index (χ0v) is 9.46. The summed E-state index contributed by atoms with van der Waals surface area (Å²) in [5.74, 6) is 1.26. The molecule has 18 heavy (non-hydrogen) atoms. The average Bonchev–Trinajstić information content (AvgIpc) is 2.31. The number of hydrogen-bond acceptors (Lipinski definition) is 3. The van der Waals surface area contributed by atoms with Crippen LogP contribution >= 0.6 is 0 Å². The zero-order valence-electron chi connectivity index (χ0n) is 9.46. The lowest BCUT2D eigenvalue weighted by Crippen LogP contribution is -2.19. The highest BCUT2D eigenvalue weighted by Gasteiger charge is 2.00. The van der Waals surface area contributed by atoms with E-state index < -0.39 is 6.03 Å². The third-order valence-corrected chi connectivity index (χ3v) is 2.18. The first-order chi connectivity index (χ1) is 8.63. The van der Waals surface area contributed by atoms with Crippen LogP contribution in [0.4, 0.5) is 10.5 Å². The van der Waals surface area contributed by atoms with Crippen molar-refractivity contribution in [3.63, 3.8) is 0 Å². The fourth-order valence-corrected chi connectivity index (χ4v) is 1.43. The second kappa shape index (κ2) is 5.09. The van der Waals surface area contributed by atoms with Crippen LogP contribution in [0.3, 0.4) is 0 Å². The maximum absolute atomic E-state index is 10.6. The van der Waals surface area contributed by atoms with Gasteiger partial charge in [0.1, 0.15) is 17.2 Å². The number of rotatable bonds is 3. The predicted octanol–water partition coefficient (Wildman–Crippen LogP) is 2.68. The van der Waals surface area contributed by atoms with E-state index in [1.807, 2.05) is 0 Å². The van der Waals surface area contributed by atoms with Gasteiger partial charge in [-0.3, -0.25) is 0 Å². The summed E-state index contributed by atoms with van der Waals surface area (Å²) < 4.78 is 5.52. The second-order valence-corrected chi connectivity index (χ2v) is 3.61. The number of hydrogen-bond donors (Lipinski definition) is 3. The molecule has 2 amide bonds. The largest absolute Gasteiger partial charge is 0.508 e. The van der Waals surface area contributed by atoms with Gasteiger partial charge >= 0.3 is 6.03 Å². The molecule has 0 spiro atoms. The number of phenols is 1. The van der Waals surface area contributed by atoms with Gasteiger partial charge in [-0.15, -0.1) is 0 Å². The molecule has 2 aromatic carbocycles. The minimum atomic E-state index is -0.614. The standard InChI is InChI=1S/C13H12N2O3/c14-13(17)15-9-4-6-11(7-5-9)18-12-3-1-2-10(16)8-12/h1-8,16H,(H3,14,15,17). The Morgan fingerprint density at radius 1 is 1.11 bits per heavy atom. The molecular formula is C13H12N2O3. The van der Waals surface area contributed by atoms with Crippen molar-refractivity contribution in [3.8, 4) is 17.2 Å². The zero-order chi connectivity index (χ0) is 13.0. The van der Waals surface area contributed by atoms with Crippen LogP contribution in [0.15, 0.2) is 48.5 Å². The number of urea groups is 1. The first-order valence-electron chi connectivity index (χ1n) is 5.27. The summed E-state index contributed by atoms with van der Waals surface area (Å²) in [7, 11) is 0. The monoisotopic (exact) mass is 244 g/mol. The predicted molar refractivity (Wildman–Crippen MR) is 67.8 cm³/mol. The maximum atomic E-state index is 10.6. The fraction of sp³-hybridized carbons (Fsp3) is 0. The molecule has 0 radical (unpaired) electrons. The van der Waals surface area contributed by atoms with Gasteiger partial charge in [-0.25, -0.2) is 4.79 Å². The van der Waals surface area contributed by atoms with Crippen LogP contribution in [0.2, 0.25) is 0 Å². The van der Waals surface area contributed by atoms with Crippen LogP contribution in [-0.2, 0) is 0 Å². The van der Waals surface area contributed by atoms with Crippen LogP contribution < -0.4 is 15.8 Å². The number of benzene rings is 2. The normalized spacial score (nSPS) is 9.78. The summed E-state index contributed by atoms with van der Waals surface area (Å²) in [4.78, 5) is 10.6. The Balaban J connectivity index is 2.08. The Morgan fingerprint density at radius 3 is 2.44 bits per heavy atom. The molecule has 2 aromatic rings. The van der Waals surface area contributed by atoms with E-state index in [0.29, 0.717) is 17.2 Å². The molecule has 5 nitrogen and oxygen atoms in total. The molecule has 0 bridgehead atoms. The molecule has 0 aliphatic heterocycles. The van der Waals surface area contributed by atoms with E-state index in [1.54, 1.807) is 42.5 Å². The lowest BCUT2D eigenvalue weighted by atomic mass is 10.3. The van der Waals surface area contributed by atoms with E-state index in [4.69, 9.17) is 10.5 Å². The topological polar surface area (TPSA) is 84.6 Å². The summed E-state index contributed by atoms with van der Waals surface area (Å²) in [6.07, 6.45) is 0. The molecule has 5 heteroatoms. The number of anilines is 1. The number of nitrogens with two attached hydrogens (primary N) is 1. The van der Waals surface area contributed by atoms with Gasteiger partial charge in [0, 0.05) is 11.8 Å². The lowest BCUT2D eigenvalue weighted by molar-refractivity contribution is 0.259. The Bertz CT molecular complexity index is 552. The van der Waals surface area contributed by atoms with Crippen LogP contribution in [0.1, 0.15) is 0 Å². The van der Waals surface area contributed by atoms with Crippen molar-refractivity contribution in [1.82, 2.24) is 0 Å². The number of ether oxygens (including phenoxy) is 1. The quantitative estimate of drug-likeness (QED) is 0.776. The Labute approximate surface area is 104 Å². The van der Waals surface area contributed by atoms with Crippen LogP contribution in [0.25, 0.3) is 0 Å². The first kappa shape index (κ1) is 11.8. The van der Waals surface area contributed by atoms with Crippen molar-refractivity contribution in [2.45, 2.75) is 0 Å². The van der Waals surface area contributed by atoms with E-state index in [0.717, 1.165) is 0 Å². The molecule has 4 N–H and O–H groups in total. The smallest absolute Gasteiger partial charge is 0.316 e. The number of amides is 2. The van der Waals surface area contributed by atoms with E-state index in [1.165, 1.54) is 6.07 Å². The highest BCUT2D eigenvalue weighted by Crippen LogP contribution is 2.25. The first-order valence-corrected chi connectivity index (χ1v) is 5.27. The molecular weight excluding hydrogens is 232 g/mol. The van der Waals surface area contributed by atoms with Crippen molar-refractivity contribution in [1.29, 1.82) is 0 Å². The molecule has 0 unspecified atom stereocenters. The third-order valence-electron chi connectivity index (χ3n) is 2.18. The number of carbonyl (C=O) groups is 1. The van der Waals surface area contributed by atoms with E-state index >= 15 is 0 Å². The van der Waals surface area contributed by atoms with Gasteiger partial charge in [0.2, 0.25) is 0 Å². The molecule has 0 aromatic heterocycles. The third kappa shape index (κ3) is 3.15. The summed E-state index contributed by atoms with van der Waals surface area (Å²) in [5, 5.41) is 11.7. The number of phenolic OH excluding ortho intramolecular Hbond substituents is 1. The number of nitrogens with one attached hydrogen (secondary N) is 1. The average molecular weight is 244 g/mol. The molecule has 0 aliphatic carbocycles. The molecule has 2 rings (SSSR count). The number of aromatic hydroxyl groups is 1. The summed E-state index contributed by atoms with van der Waals surface area (Å²) >= 11 is 0. The van der Waals surface area contributed by atoms with Gasteiger partial charge < -0.3 is 20.9 Å². The fourth-order valence-electron chi connectivity index (χ4n) is 1.43. The van der Waals surface area contributed by atoms with Gasteiger partial charge in [-0.1, -0.05) is 6.07 Å². The lowest BCUT2D eigenvalue weighted by Gasteiger charge is -2.07. The number of carbonyl (C=O) groups excluding carboxylic acids is 1. The summed E-state index contributed by atoms with van der Waals surface area (Å²) in [5.41, 5.74) is 5.58. The second-order valence-electron chi connectivity index (χ2n) is 3.61. The van der Waals surface area contributed by atoms with Crippen LogP contribution in [0.5, 0.6) is 17.2 Å². The Kier molecular flexibility index (Phi) is 3.33. The van der Waals surface area contributed by atoms with Gasteiger partial charge in [0.05, 0.1) is 0 Å². The van der Waals surface area contributed by atoms with Crippen LogP contribution in [0, 0.1) is 0 Å². The van der Waals surface area contributed by atoms with Crippen molar-refractivity contribution in [2.75, 3.05) is 5.32 Å².